The summed E-state index contributed by atoms with van der Waals surface area (Å²) >= 11 is 0. The SMILES string of the molecule is C[C@H]1CCCC[C@H]1C(=O)N1CCC(n2c(Cc3ccccc3)nc3ccccc32)CC1. The second kappa shape index (κ2) is 8.86. The number of para-hydroxylation sites is 2. The molecule has 1 aliphatic carbocycles. The fourth-order valence-electron chi connectivity index (χ4n) is 5.67. The Hall–Kier alpha value is -2.62. The van der Waals surface area contributed by atoms with E-state index in [2.05, 4.69) is 71.0 Å². The molecule has 1 aliphatic heterocycles. The van der Waals surface area contributed by atoms with Crippen LogP contribution in [0.1, 0.15) is 62.9 Å². The van der Waals surface area contributed by atoms with Crippen LogP contribution in [0.25, 0.3) is 11.0 Å². The Kier molecular flexibility index (Phi) is 5.80. The predicted molar refractivity (Wildman–Crippen MR) is 125 cm³/mol. The number of piperidine rings is 1. The van der Waals surface area contributed by atoms with Crippen LogP contribution < -0.4 is 0 Å². The second-order valence-electron chi connectivity index (χ2n) is 9.47. The summed E-state index contributed by atoms with van der Waals surface area (Å²) in [4.78, 5) is 20.3. The van der Waals surface area contributed by atoms with E-state index in [9.17, 15) is 4.79 Å². The molecule has 1 saturated heterocycles. The predicted octanol–water partition coefficient (Wildman–Crippen LogP) is 5.62. The highest BCUT2D eigenvalue weighted by Crippen LogP contribution is 2.34. The standard InChI is InChI=1S/C27H33N3O/c1-20-9-5-6-12-23(20)27(31)29-17-15-22(16-18-29)30-25-14-8-7-13-24(25)28-26(30)19-21-10-3-2-4-11-21/h2-4,7-8,10-11,13-14,20,22-23H,5-6,9,12,15-19H2,1H3/t20-,23+/m0/s1. The van der Waals surface area contributed by atoms with E-state index in [4.69, 9.17) is 4.98 Å². The van der Waals surface area contributed by atoms with Crippen molar-refractivity contribution in [2.24, 2.45) is 11.8 Å². The van der Waals surface area contributed by atoms with Gasteiger partial charge >= 0.3 is 0 Å². The number of likely N-dealkylation sites (tertiary alicyclic amines) is 1. The zero-order chi connectivity index (χ0) is 21.2. The van der Waals surface area contributed by atoms with Crippen LogP contribution in [0.5, 0.6) is 0 Å². The lowest BCUT2D eigenvalue weighted by Gasteiger charge is -2.38. The first kappa shape index (κ1) is 20.3. The highest BCUT2D eigenvalue weighted by molar-refractivity contribution is 5.79. The number of carbonyl (C=O) groups is 1. The third-order valence-corrected chi connectivity index (χ3v) is 7.44. The van der Waals surface area contributed by atoms with Gasteiger partial charge in [0.25, 0.3) is 0 Å². The first-order valence-corrected chi connectivity index (χ1v) is 12.0. The fourth-order valence-corrected chi connectivity index (χ4v) is 5.67. The minimum Gasteiger partial charge on any atom is -0.342 e. The van der Waals surface area contributed by atoms with Crippen molar-refractivity contribution in [3.8, 4) is 0 Å². The Morgan fingerprint density at radius 3 is 2.42 bits per heavy atom. The number of benzene rings is 2. The molecule has 1 aromatic heterocycles. The van der Waals surface area contributed by atoms with Crippen LogP contribution in [0.4, 0.5) is 0 Å². The Balaban J connectivity index is 1.35. The lowest BCUT2D eigenvalue weighted by molar-refractivity contribution is -0.139. The van der Waals surface area contributed by atoms with E-state index in [1.165, 1.54) is 30.3 Å². The fraction of sp³-hybridized carbons (Fsp3) is 0.481. The van der Waals surface area contributed by atoms with Crippen molar-refractivity contribution in [2.75, 3.05) is 13.1 Å². The van der Waals surface area contributed by atoms with Crippen LogP contribution in [0.15, 0.2) is 54.6 Å². The highest BCUT2D eigenvalue weighted by Gasteiger charge is 2.33. The van der Waals surface area contributed by atoms with Gasteiger partial charge in [0.05, 0.1) is 11.0 Å². The summed E-state index contributed by atoms with van der Waals surface area (Å²) in [6.07, 6.45) is 7.63. The summed E-state index contributed by atoms with van der Waals surface area (Å²) in [7, 11) is 0. The van der Waals surface area contributed by atoms with Gasteiger partial charge in [0.2, 0.25) is 5.91 Å². The van der Waals surface area contributed by atoms with Gasteiger partial charge < -0.3 is 9.47 Å². The number of hydrogen-bond acceptors (Lipinski definition) is 2. The van der Waals surface area contributed by atoms with E-state index >= 15 is 0 Å². The number of rotatable bonds is 4. The number of imidazole rings is 1. The number of nitrogens with zero attached hydrogens (tertiary/aromatic N) is 3. The Morgan fingerprint density at radius 1 is 0.935 bits per heavy atom. The maximum Gasteiger partial charge on any atom is 0.225 e. The van der Waals surface area contributed by atoms with Crippen LogP contribution in [-0.4, -0.2) is 33.4 Å². The molecule has 2 aliphatic rings. The number of fused-ring (bicyclic) bond motifs is 1. The van der Waals surface area contributed by atoms with Gasteiger partial charge in [-0.25, -0.2) is 4.98 Å². The molecule has 0 N–H and O–H groups in total. The summed E-state index contributed by atoms with van der Waals surface area (Å²) in [5, 5.41) is 0. The van der Waals surface area contributed by atoms with Gasteiger partial charge in [-0.3, -0.25) is 4.79 Å². The second-order valence-corrected chi connectivity index (χ2v) is 9.47. The molecule has 2 heterocycles. The van der Waals surface area contributed by atoms with Crippen LogP contribution in [0.3, 0.4) is 0 Å². The maximum atomic E-state index is 13.2. The molecule has 0 radical (unpaired) electrons. The van der Waals surface area contributed by atoms with E-state index in [1.54, 1.807) is 0 Å². The number of carbonyl (C=O) groups excluding carboxylic acids is 1. The summed E-state index contributed by atoms with van der Waals surface area (Å²) < 4.78 is 2.47. The van der Waals surface area contributed by atoms with Gasteiger partial charge in [0.1, 0.15) is 5.82 Å². The maximum absolute atomic E-state index is 13.2. The number of amides is 1. The first-order chi connectivity index (χ1) is 15.2. The summed E-state index contributed by atoms with van der Waals surface area (Å²) in [6, 6.07) is 19.5. The Labute approximate surface area is 185 Å². The Morgan fingerprint density at radius 2 is 1.65 bits per heavy atom. The van der Waals surface area contributed by atoms with Gasteiger partial charge in [-0.2, -0.15) is 0 Å². The zero-order valence-corrected chi connectivity index (χ0v) is 18.5. The molecule has 1 saturated carbocycles. The molecule has 4 nitrogen and oxygen atoms in total. The van der Waals surface area contributed by atoms with Crippen LogP contribution >= 0.6 is 0 Å². The molecular weight excluding hydrogens is 382 g/mol. The van der Waals surface area contributed by atoms with Crippen molar-refractivity contribution >= 4 is 16.9 Å². The van der Waals surface area contributed by atoms with Crippen LogP contribution in [-0.2, 0) is 11.2 Å². The molecule has 0 spiro atoms. The van der Waals surface area contributed by atoms with Crippen molar-refractivity contribution in [3.63, 3.8) is 0 Å². The number of hydrogen-bond donors (Lipinski definition) is 0. The van der Waals surface area contributed by atoms with Crippen molar-refractivity contribution in [1.82, 2.24) is 14.5 Å². The molecule has 2 aromatic carbocycles. The third kappa shape index (κ3) is 4.13. The lowest BCUT2D eigenvalue weighted by atomic mass is 9.79. The van der Waals surface area contributed by atoms with Gasteiger partial charge in [-0.05, 0) is 49.3 Å². The van der Waals surface area contributed by atoms with Crippen LogP contribution in [0, 0.1) is 11.8 Å². The van der Waals surface area contributed by atoms with E-state index in [0.29, 0.717) is 17.9 Å². The molecule has 2 atom stereocenters. The first-order valence-electron chi connectivity index (χ1n) is 12.0. The molecule has 2 fully saturated rings. The van der Waals surface area contributed by atoms with E-state index in [1.807, 2.05) is 0 Å². The summed E-state index contributed by atoms with van der Waals surface area (Å²) in [5.74, 6) is 2.32. The molecule has 162 valence electrons. The molecule has 1 amide bonds. The quantitative estimate of drug-likeness (QED) is 0.555. The Bertz CT molecular complexity index is 1030. The smallest absolute Gasteiger partial charge is 0.225 e. The molecule has 31 heavy (non-hydrogen) atoms. The van der Waals surface area contributed by atoms with Crippen molar-refractivity contribution in [2.45, 2.75) is 57.9 Å². The minimum atomic E-state index is 0.244. The normalized spacial score (nSPS) is 22.7. The summed E-state index contributed by atoms with van der Waals surface area (Å²) in [5.41, 5.74) is 3.58. The molecule has 0 unspecified atom stereocenters. The van der Waals surface area contributed by atoms with Gasteiger partial charge in [0, 0.05) is 31.5 Å². The van der Waals surface area contributed by atoms with Gasteiger partial charge in [-0.1, -0.05) is 62.2 Å². The monoisotopic (exact) mass is 415 g/mol. The third-order valence-electron chi connectivity index (χ3n) is 7.44. The average Bonchev–Trinajstić information content (AvgIpc) is 3.17. The minimum absolute atomic E-state index is 0.244. The summed E-state index contributed by atoms with van der Waals surface area (Å²) in [6.45, 7) is 4.00. The lowest BCUT2D eigenvalue weighted by Crippen LogP contribution is -2.44. The topological polar surface area (TPSA) is 38.1 Å². The van der Waals surface area contributed by atoms with Crippen molar-refractivity contribution < 1.29 is 4.79 Å². The molecular formula is C27H33N3O. The molecule has 4 heteroatoms. The number of aromatic nitrogens is 2. The van der Waals surface area contributed by atoms with Crippen molar-refractivity contribution in [3.05, 3.63) is 66.0 Å². The molecule has 3 aromatic rings. The van der Waals surface area contributed by atoms with Gasteiger partial charge in [-0.15, -0.1) is 0 Å². The average molecular weight is 416 g/mol. The van der Waals surface area contributed by atoms with Crippen LogP contribution in [0.2, 0.25) is 0 Å². The zero-order valence-electron chi connectivity index (χ0n) is 18.5. The van der Waals surface area contributed by atoms with E-state index < -0.39 is 0 Å². The largest absolute Gasteiger partial charge is 0.342 e. The highest BCUT2D eigenvalue weighted by atomic mass is 16.2. The van der Waals surface area contributed by atoms with E-state index in [-0.39, 0.29) is 5.92 Å². The molecule has 5 rings (SSSR count). The molecule has 0 bridgehead atoms. The van der Waals surface area contributed by atoms with Gasteiger partial charge in [0.15, 0.2) is 0 Å². The van der Waals surface area contributed by atoms with E-state index in [0.717, 1.165) is 50.1 Å². The van der Waals surface area contributed by atoms with Crippen molar-refractivity contribution in [1.29, 1.82) is 0 Å².